The van der Waals surface area contributed by atoms with Crippen LogP contribution in [0.2, 0.25) is 0 Å². The van der Waals surface area contributed by atoms with Crippen molar-refractivity contribution in [1.29, 1.82) is 0 Å². The Morgan fingerprint density at radius 1 is 1.04 bits per heavy atom. The Hall–Kier alpha value is -2.65. The molecular formula is C19H22N4O4S. The minimum atomic E-state index is -3.60. The molecule has 0 aliphatic carbocycles. The van der Waals surface area contributed by atoms with Gasteiger partial charge in [0.2, 0.25) is 10.0 Å². The summed E-state index contributed by atoms with van der Waals surface area (Å²) in [5.74, 6) is 0.897. The quantitative estimate of drug-likeness (QED) is 0.652. The number of rotatable bonds is 5. The van der Waals surface area contributed by atoms with Crippen molar-refractivity contribution in [2.45, 2.75) is 23.8 Å². The van der Waals surface area contributed by atoms with Crippen LogP contribution in [-0.4, -0.2) is 54.6 Å². The molecule has 0 saturated carbocycles. The normalized spacial score (nSPS) is 16.4. The fourth-order valence-corrected chi connectivity index (χ4v) is 5.11. The zero-order valence-electron chi connectivity index (χ0n) is 15.8. The van der Waals surface area contributed by atoms with Crippen LogP contribution in [0.4, 0.5) is 0 Å². The molecule has 3 aromatic rings. The Morgan fingerprint density at radius 2 is 1.79 bits per heavy atom. The third-order valence-electron chi connectivity index (χ3n) is 5.14. The minimum absolute atomic E-state index is 0.178. The average Bonchev–Trinajstić information content (AvgIpc) is 3.17. The lowest BCUT2D eigenvalue weighted by Crippen LogP contribution is -2.39. The molecule has 0 spiro atoms. The second-order valence-electron chi connectivity index (χ2n) is 6.65. The highest BCUT2D eigenvalue weighted by molar-refractivity contribution is 7.89. The van der Waals surface area contributed by atoms with Crippen molar-refractivity contribution in [1.82, 2.24) is 18.8 Å². The molecule has 0 amide bonds. The van der Waals surface area contributed by atoms with Gasteiger partial charge in [-0.1, -0.05) is 0 Å². The third-order valence-corrected chi connectivity index (χ3v) is 7.04. The van der Waals surface area contributed by atoms with E-state index in [4.69, 9.17) is 9.47 Å². The number of hydrogen-bond acceptors (Lipinski definition) is 6. The molecule has 1 aromatic carbocycles. The van der Waals surface area contributed by atoms with Crippen LogP contribution in [0, 0.1) is 0 Å². The van der Waals surface area contributed by atoms with Crippen LogP contribution in [0.5, 0.6) is 11.5 Å². The van der Waals surface area contributed by atoms with Gasteiger partial charge in [-0.3, -0.25) is 0 Å². The first-order chi connectivity index (χ1) is 13.5. The third kappa shape index (κ3) is 3.20. The predicted octanol–water partition coefficient (Wildman–Crippen LogP) is 2.47. The van der Waals surface area contributed by atoms with Gasteiger partial charge in [0.1, 0.15) is 5.52 Å². The Balaban J connectivity index is 1.53. The molecule has 0 radical (unpaired) electrons. The van der Waals surface area contributed by atoms with Crippen molar-refractivity contribution >= 4 is 21.2 Å². The smallest absolute Gasteiger partial charge is 0.243 e. The maximum atomic E-state index is 13.1. The highest BCUT2D eigenvalue weighted by atomic mass is 32.2. The van der Waals surface area contributed by atoms with E-state index >= 15 is 0 Å². The molecular weight excluding hydrogens is 380 g/mol. The molecule has 1 fully saturated rings. The lowest BCUT2D eigenvalue weighted by atomic mass is 10.1. The number of aromatic nitrogens is 3. The first-order valence-electron chi connectivity index (χ1n) is 9.04. The van der Waals surface area contributed by atoms with E-state index in [1.165, 1.54) is 24.6 Å². The highest BCUT2D eigenvalue weighted by Gasteiger charge is 2.31. The van der Waals surface area contributed by atoms with Gasteiger partial charge in [0.25, 0.3) is 0 Å². The van der Waals surface area contributed by atoms with Crippen LogP contribution in [0.25, 0.3) is 11.2 Å². The first kappa shape index (κ1) is 18.7. The number of benzene rings is 1. The average molecular weight is 402 g/mol. The van der Waals surface area contributed by atoms with Gasteiger partial charge < -0.3 is 14.0 Å². The predicted molar refractivity (Wildman–Crippen MR) is 104 cm³/mol. The van der Waals surface area contributed by atoms with Gasteiger partial charge in [-0.05, 0) is 37.1 Å². The number of ether oxygens (including phenoxy) is 2. The van der Waals surface area contributed by atoms with Crippen LogP contribution < -0.4 is 9.47 Å². The van der Waals surface area contributed by atoms with Gasteiger partial charge >= 0.3 is 0 Å². The second-order valence-corrected chi connectivity index (χ2v) is 8.59. The summed E-state index contributed by atoms with van der Waals surface area (Å²) < 4.78 is 40.1. The van der Waals surface area contributed by atoms with Gasteiger partial charge in [0.15, 0.2) is 17.1 Å². The van der Waals surface area contributed by atoms with Crippen LogP contribution in [0.15, 0.2) is 47.8 Å². The summed E-state index contributed by atoms with van der Waals surface area (Å²) in [6, 6.07) is 8.63. The molecule has 4 rings (SSSR count). The summed E-state index contributed by atoms with van der Waals surface area (Å²) in [6.45, 7) is 0.877. The van der Waals surface area contributed by atoms with Gasteiger partial charge in [-0.15, -0.1) is 0 Å². The maximum Gasteiger partial charge on any atom is 0.243 e. The number of imidazole rings is 1. The zero-order valence-corrected chi connectivity index (χ0v) is 16.6. The monoisotopic (exact) mass is 402 g/mol. The molecule has 0 unspecified atom stereocenters. The Labute approximate surface area is 163 Å². The molecule has 0 N–H and O–H groups in total. The second kappa shape index (κ2) is 7.40. The molecule has 3 heterocycles. The van der Waals surface area contributed by atoms with Crippen molar-refractivity contribution < 1.29 is 17.9 Å². The van der Waals surface area contributed by atoms with Crippen LogP contribution >= 0.6 is 0 Å². The molecule has 1 aliphatic rings. The molecule has 0 atom stereocenters. The summed E-state index contributed by atoms with van der Waals surface area (Å²) in [5, 5.41) is 0. The molecule has 1 saturated heterocycles. The fraction of sp³-hybridized carbons (Fsp3) is 0.368. The first-order valence-corrected chi connectivity index (χ1v) is 10.5. The van der Waals surface area contributed by atoms with Gasteiger partial charge in [-0.25, -0.2) is 18.4 Å². The van der Waals surface area contributed by atoms with Gasteiger partial charge in [-0.2, -0.15) is 4.31 Å². The van der Waals surface area contributed by atoms with E-state index < -0.39 is 10.0 Å². The van der Waals surface area contributed by atoms with E-state index in [2.05, 4.69) is 14.5 Å². The van der Waals surface area contributed by atoms with Crippen LogP contribution in [0.1, 0.15) is 18.9 Å². The number of pyridine rings is 1. The summed E-state index contributed by atoms with van der Waals surface area (Å²) in [5.41, 5.74) is 1.69. The Bertz CT molecular complexity index is 1090. The molecule has 28 heavy (non-hydrogen) atoms. The summed E-state index contributed by atoms with van der Waals surface area (Å²) in [7, 11) is -0.588. The van der Waals surface area contributed by atoms with Crippen molar-refractivity contribution in [3.63, 3.8) is 0 Å². The van der Waals surface area contributed by atoms with E-state index in [9.17, 15) is 8.42 Å². The molecule has 2 aromatic heterocycles. The van der Waals surface area contributed by atoms with Crippen molar-refractivity contribution in [3.8, 4) is 11.5 Å². The largest absolute Gasteiger partial charge is 0.493 e. The standard InChI is InChI=1S/C19H22N4O4S/c1-26-17-6-5-15(12-18(17)27-2)28(24,25)22-10-7-14(8-11-22)23-13-21-16-4-3-9-20-19(16)23/h3-6,9,12-14H,7-8,10-11H2,1-2H3. The zero-order chi connectivity index (χ0) is 19.7. The van der Waals surface area contributed by atoms with Crippen LogP contribution in [0.3, 0.4) is 0 Å². The topological polar surface area (TPSA) is 86.6 Å². The lowest BCUT2D eigenvalue weighted by molar-refractivity contribution is 0.276. The van der Waals surface area contributed by atoms with Crippen molar-refractivity contribution in [2.24, 2.45) is 0 Å². The number of methoxy groups -OCH3 is 2. The Morgan fingerprint density at radius 3 is 2.50 bits per heavy atom. The number of nitrogens with zero attached hydrogens (tertiary/aromatic N) is 4. The van der Waals surface area contributed by atoms with E-state index in [1.807, 2.05) is 12.1 Å². The van der Waals surface area contributed by atoms with Gasteiger partial charge in [0.05, 0.1) is 25.4 Å². The van der Waals surface area contributed by atoms with Gasteiger partial charge in [0, 0.05) is 31.4 Å². The molecule has 8 nitrogen and oxygen atoms in total. The number of hydrogen-bond donors (Lipinski definition) is 0. The van der Waals surface area contributed by atoms with Crippen molar-refractivity contribution in [3.05, 3.63) is 42.9 Å². The van der Waals surface area contributed by atoms with Crippen LogP contribution in [-0.2, 0) is 10.0 Å². The lowest BCUT2D eigenvalue weighted by Gasteiger charge is -2.32. The van der Waals surface area contributed by atoms with E-state index in [0.29, 0.717) is 37.4 Å². The Kier molecular flexibility index (Phi) is 4.94. The molecule has 1 aliphatic heterocycles. The van der Waals surface area contributed by atoms with Crippen molar-refractivity contribution in [2.75, 3.05) is 27.3 Å². The minimum Gasteiger partial charge on any atom is -0.493 e. The number of fused-ring (bicyclic) bond motifs is 1. The summed E-state index contributed by atoms with van der Waals surface area (Å²) >= 11 is 0. The molecule has 9 heteroatoms. The maximum absolute atomic E-state index is 13.1. The highest BCUT2D eigenvalue weighted by Crippen LogP contribution is 2.33. The summed E-state index contributed by atoms with van der Waals surface area (Å²) in [4.78, 5) is 9.00. The number of sulfonamides is 1. The van der Waals surface area contributed by atoms with E-state index in [0.717, 1.165) is 11.2 Å². The SMILES string of the molecule is COc1ccc(S(=O)(=O)N2CCC(n3cnc4cccnc43)CC2)cc1OC. The molecule has 148 valence electrons. The van der Waals surface area contributed by atoms with E-state index in [1.54, 1.807) is 24.7 Å². The molecule has 0 bridgehead atoms. The van der Waals surface area contributed by atoms with E-state index in [-0.39, 0.29) is 10.9 Å². The number of piperidine rings is 1. The fourth-order valence-electron chi connectivity index (χ4n) is 3.62. The summed E-state index contributed by atoms with van der Waals surface area (Å²) in [6.07, 6.45) is 4.95.